The van der Waals surface area contributed by atoms with Crippen molar-refractivity contribution in [1.29, 1.82) is 0 Å². The van der Waals surface area contributed by atoms with Crippen molar-refractivity contribution in [3.8, 4) is 0 Å². The Labute approximate surface area is 107 Å². The average Bonchev–Trinajstić information content (AvgIpc) is 2.79. The summed E-state index contributed by atoms with van der Waals surface area (Å²) >= 11 is 0. The maximum Gasteiger partial charge on any atom is 0.240 e. The van der Waals surface area contributed by atoms with Gasteiger partial charge < -0.3 is 4.52 Å². The zero-order valence-electron chi connectivity index (χ0n) is 10.8. The Kier molecular flexibility index (Phi) is 2.88. The van der Waals surface area contributed by atoms with Crippen LogP contribution in [0.15, 0.2) is 28.8 Å². The second-order valence-corrected chi connectivity index (χ2v) is 4.83. The van der Waals surface area contributed by atoms with Crippen LogP contribution in [0.1, 0.15) is 35.8 Å². The lowest BCUT2D eigenvalue weighted by Gasteiger charge is -2.34. The number of aryl methyl sites for hydroxylation is 1. The van der Waals surface area contributed by atoms with Crippen molar-refractivity contribution in [2.45, 2.75) is 32.9 Å². The number of nitrogens with zero attached hydrogens (tertiary/aromatic N) is 3. The summed E-state index contributed by atoms with van der Waals surface area (Å²) < 4.78 is 5.20. The summed E-state index contributed by atoms with van der Waals surface area (Å²) in [6.07, 6.45) is 1.09. The van der Waals surface area contributed by atoms with Gasteiger partial charge in [-0.05, 0) is 31.4 Å². The van der Waals surface area contributed by atoms with Crippen molar-refractivity contribution < 1.29 is 4.52 Å². The Morgan fingerprint density at radius 1 is 1.39 bits per heavy atom. The van der Waals surface area contributed by atoms with Crippen molar-refractivity contribution >= 4 is 0 Å². The minimum absolute atomic E-state index is 0.405. The third kappa shape index (κ3) is 2.04. The van der Waals surface area contributed by atoms with E-state index in [0.29, 0.717) is 17.8 Å². The third-order valence-corrected chi connectivity index (χ3v) is 3.63. The van der Waals surface area contributed by atoms with Gasteiger partial charge in [-0.25, -0.2) is 0 Å². The van der Waals surface area contributed by atoms with E-state index in [1.807, 2.05) is 6.92 Å². The fourth-order valence-electron chi connectivity index (χ4n) is 2.62. The van der Waals surface area contributed by atoms with Crippen molar-refractivity contribution in [2.75, 3.05) is 6.54 Å². The van der Waals surface area contributed by atoms with Gasteiger partial charge in [0, 0.05) is 12.6 Å². The van der Waals surface area contributed by atoms with E-state index in [0.717, 1.165) is 19.5 Å². The van der Waals surface area contributed by atoms with E-state index in [9.17, 15) is 0 Å². The number of aromatic nitrogens is 2. The molecule has 2 heterocycles. The lowest BCUT2D eigenvalue weighted by atomic mass is 9.94. The molecule has 4 heteroatoms. The maximum absolute atomic E-state index is 5.20. The van der Waals surface area contributed by atoms with Crippen LogP contribution in [0, 0.1) is 6.92 Å². The monoisotopic (exact) mass is 243 g/mol. The molecule has 1 aliphatic rings. The molecular weight excluding hydrogens is 226 g/mol. The first-order chi connectivity index (χ1) is 8.74. The number of hydrogen-bond donors (Lipinski definition) is 0. The van der Waals surface area contributed by atoms with Gasteiger partial charge in [0.1, 0.15) is 0 Å². The fourth-order valence-corrected chi connectivity index (χ4v) is 2.62. The van der Waals surface area contributed by atoms with Crippen LogP contribution in [0.4, 0.5) is 0 Å². The molecule has 0 saturated carbocycles. The Bertz CT molecular complexity index is 549. The number of hydrogen-bond acceptors (Lipinski definition) is 4. The highest BCUT2D eigenvalue weighted by Gasteiger charge is 2.24. The van der Waals surface area contributed by atoms with Crippen LogP contribution >= 0.6 is 0 Å². The summed E-state index contributed by atoms with van der Waals surface area (Å²) in [6.45, 7) is 5.86. The summed E-state index contributed by atoms with van der Waals surface area (Å²) in [7, 11) is 0. The Morgan fingerprint density at radius 2 is 2.22 bits per heavy atom. The van der Waals surface area contributed by atoms with Gasteiger partial charge in [-0.15, -0.1) is 0 Å². The van der Waals surface area contributed by atoms with Crippen LogP contribution in [-0.2, 0) is 13.0 Å². The molecule has 0 radical (unpaired) electrons. The smallest absolute Gasteiger partial charge is 0.240 e. The largest absolute Gasteiger partial charge is 0.338 e. The number of benzene rings is 1. The van der Waals surface area contributed by atoms with Crippen LogP contribution in [0.5, 0.6) is 0 Å². The summed E-state index contributed by atoms with van der Waals surface area (Å²) in [5, 5.41) is 3.84. The molecule has 0 amide bonds. The first-order valence-corrected chi connectivity index (χ1v) is 6.35. The molecule has 94 valence electrons. The SMILES string of the molecule is Cc1noc(CN2CCc3ccccc3C2C)n1. The van der Waals surface area contributed by atoms with Gasteiger partial charge >= 0.3 is 0 Å². The van der Waals surface area contributed by atoms with Crippen LogP contribution < -0.4 is 0 Å². The molecule has 2 aromatic rings. The quantitative estimate of drug-likeness (QED) is 0.812. The standard InChI is InChI=1S/C14H17N3O/c1-10-13-6-4-3-5-12(13)7-8-17(10)9-14-15-11(2)16-18-14/h3-6,10H,7-9H2,1-2H3. The number of fused-ring (bicyclic) bond motifs is 1. The van der Waals surface area contributed by atoms with Gasteiger partial charge in [0.05, 0.1) is 6.54 Å². The van der Waals surface area contributed by atoms with E-state index in [-0.39, 0.29) is 0 Å². The summed E-state index contributed by atoms with van der Waals surface area (Å²) in [4.78, 5) is 6.66. The Balaban J connectivity index is 1.80. The molecule has 0 bridgehead atoms. The molecule has 0 N–H and O–H groups in total. The van der Waals surface area contributed by atoms with E-state index in [4.69, 9.17) is 4.52 Å². The predicted octanol–water partition coefficient (Wildman–Crippen LogP) is 2.50. The van der Waals surface area contributed by atoms with Gasteiger partial charge in [-0.1, -0.05) is 29.4 Å². The average molecular weight is 243 g/mol. The molecule has 0 aliphatic carbocycles. The minimum Gasteiger partial charge on any atom is -0.338 e. The third-order valence-electron chi connectivity index (χ3n) is 3.63. The lowest BCUT2D eigenvalue weighted by molar-refractivity contribution is 0.165. The fraction of sp³-hybridized carbons (Fsp3) is 0.429. The topological polar surface area (TPSA) is 42.2 Å². The number of rotatable bonds is 2. The van der Waals surface area contributed by atoms with E-state index < -0.39 is 0 Å². The zero-order chi connectivity index (χ0) is 12.5. The van der Waals surface area contributed by atoms with Crippen molar-refractivity contribution in [3.63, 3.8) is 0 Å². The van der Waals surface area contributed by atoms with Crippen LogP contribution in [0.3, 0.4) is 0 Å². The zero-order valence-corrected chi connectivity index (χ0v) is 10.8. The highest BCUT2D eigenvalue weighted by Crippen LogP contribution is 2.29. The molecule has 1 atom stereocenters. The van der Waals surface area contributed by atoms with Gasteiger partial charge in [0.25, 0.3) is 0 Å². The normalized spacial score (nSPS) is 19.8. The molecule has 1 aromatic carbocycles. The van der Waals surface area contributed by atoms with Crippen LogP contribution in [0.25, 0.3) is 0 Å². The van der Waals surface area contributed by atoms with Crippen molar-refractivity contribution in [1.82, 2.24) is 15.0 Å². The van der Waals surface area contributed by atoms with Gasteiger partial charge in [0.15, 0.2) is 5.82 Å². The molecule has 4 nitrogen and oxygen atoms in total. The molecule has 1 aliphatic heterocycles. The summed E-state index contributed by atoms with van der Waals surface area (Å²) in [5.74, 6) is 1.41. The summed E-state index contributed by atoms with van der Waals surface area (Å²) in [6, 6.07) is 9.06. The minimum atomic E-state index is 0.405. The molecular formula is C14H17N3O. The van der Waals surface area contributed by atoms with E-state index in [1.165, 1.54) is 11.1 Å². The summed E-state index contributed by atoms with van der Waals surface area (Å²) in [5.41, 5.74) is 2.88. The van der Waals surface area contributed by atoms with E-state index >= 15 is 0 Å². The highest BCUT2D eigenvalue weighted by atomic mass is 16.5. The van der Waals surface area contributed by atoms with E-state index in [2.05, 4.69) is 46.2 Å². The van der Waals surface area contributed by atoms with Gasteiger partial charge in [0.2, 0.25) is 5.89 Å². The van der Waals surface area contributed by atoms with E-state index in [1.54, 1.807) is 0 Å². The maximum atomic E-state index is 5.20. The van der Waals surface area contributed by atoms with Crippen molar-refractivity contribution in [3.05, 3.63) is 47.1 Å². The second kappa shape index (κ2) is 4.53. The molecule has 0 fully saturated rings. The Morgan fingerprint density at radius 3 is 3.00 bits per heavy atom. The molecule has 1 aromatic heterocycles. The second-order valence-electron chi connectivity index (χ2n) is 4.83. The lowest BCUT2D eigenvalue weighted by Crippen LogP contribution is -2.33. The van der Waals surface area contributed by atoms with Gasteiger partial charge in [-0.2, -0.15) is 4.98 Å². The first-order valence-electron chi connectivity index (χ1n) is 6.35. The van der Waals surface area contributed by atoms with Crippen molar-refractivity contribution in [2.24, 2.45) is 0 Å². The highest BCUT2D eigenvalue weighted by molar-refractivity contribution is 5.32. The predicted molar refractivity (Wildman–Crippen MR) is 68.0 cm³/mol. The van der Waals surface area contributed by atoms with Gasteiger partial charge in [-0.3, -0.25) is 4.90 Å². The Hall–Kier alpha value is -1.68. The van der Waals surface area contributed by atoms with Crippen LogP contribution in [0.2, 0.25) is 0 Å². The molecule has 1 unspecified atom stereocenters. The molecule has 0 saturated heterocycles. The molecule has 0 spiro atoms. The first kappa shape index (κ1) is 11.4. The molecule has 18 heavy (non-hydrogen) atoms. The molecule has 3 rings (SSSR count). The van der Waals surface area contributed by atoms with Crippen LogP contribution in [-0.4, -0.2) is 21.6 Å².